The maximum Gasteiger partial charge on any atom is 0.305 e. The number of carboxylic acid groups (broad SMARTS) is 1. The molecule has 1 aromatic rings. The van der Waals surface area contributed by atoms with Crippen LogP contribution in [0, 0.1) is 5.82 Å². The van der Waals surface area contributed by atoms with E-state index in [0.717, 1.165) is 11.3 Å². The molecule has 0 aromatic heterocycles. The van der Waals surface area contributed by atoms with Gasteiger partial charge in [-0.15, -0.1) is 0 Å². The Morgan fingerprint density at radius 2 is 2.05 bits per heavy atom. The Bertz CT molecular complexity index is 506. The third-order valence-electron chi connectivity index (χ3n) is 3.50. The quantitative estimate of drug-likeness (QED) is 0.905. The van der Waals surface area contributed by atoms with Gasteiger partial charge in [0.25, 0.3) is 0 Å². The molecule has 0 radical (unpaired) electrons. The van der Waals surface area contributed by atoms with E-state index in [2.05, 4.69) is 0 Å². The summed E-state index contributed by atoms with van der Waals surface area (Å²) in [5.41, 5.74) is 0.908. The molecule has 1 fully saturated rings. The van der Waals surface area contributed by atoms with Crippen molar-refractivity contribution >= 4 is 23.6 Å². The van der Waals surface area contributed by atoms with Crippen molar-refractivity contribution in [2.45, 2.75) is 25.3 Å². The normalized spacial score (nSPS) is 18.5. The zero-order chi connectivity index (χ0) is 15.2. The van der Waals surface area contributed by atoms with Crippen LogP contribution in [0.3, 0.4) is 0 Å². The Morgan fingerprint density at radius 3 is 2.71 bits per heavy atom. The summed E-state index contributed by atoms with van der Waals surface area (Å²) >= 11 is 1.68. The summed E-state index contributed by atoms with van der Waals surface area (Å²) in [4.78, 5) is 24.8. The van der Waals surface area contributed by atoms with Crippen LogP contribution in [-0.2, 0) is 16.0 Å². The smallest absolute Gasteiger partial charge is 0.305 e. The Morgan fingerprint density at radius 1 is 1.33 bits per heavy atom. The molecule has 0 spiro atoms. The van der Waals surface area contributed by atoms with Crippen LogP contribution in [0.4, 0.5) is 4.39 Å². The van der Waals surface area contributed by atoms with Crippen LogP contribution in [0.25, 0.3) is 0 Å². The lowest BCUT2D eigenvalue weighted by atomic mass is 10.1. The highest BCUT2D eigenvalue weighted by Gasteiger charge is 2.28. The first-order valence-corrected chi connectivity index (χ1v) is 8.05. The van der Waals surface area contributed by atoms with Gasteiger partial charge in [0.15, 0.2) is 0 Å². The number of carboxylic acids is 1. The largest absolute Gasteiger partial charge is 0.481 e. The van der Waals surface area contributed by atoms with Crippen LogP contribution >= 0.6 is 11.8 Å². The van der Waals surface area contributed by atoms with Crippen molar-refractivity contribution in [3.63, 3.8) is 0 Å². The summed E-state index contributed by atoms with van der Waals surface area (Å²) in [6.45, 7) is 0.602. The topological polar surface area (TPSA) is 57.6 Å². The number of aryl methyl sites for hydroxylation is 1. The molecule has 1 aromatic carbocycles. The lowest BCUT2D eigenvalue weighted by molar-refractivity contribution is -0.140. The van der Waals surface area contributed by atoms with E-state index < -0.39 is 5.97 Å². The number of hydrogen-bond donors (Lipinski definition) is 1. The van der Waals surface area contributed by atoms with E-state index in [-0.39, 0.29) is 24.2 Å². The minimum atomic E-state index is -0.876. The van der Waals surface area contributed by atoms with E-state index in [0.29, 0.717) is 25.1 Å². The van der Waals surface area contributed by atoms with Gasteiger partial charge >= 0.3 is 5.97 Å². The van der Waals surface area contributed by atoms with Crippen LogP contribution in [0.2, 0.25) is 0 Å². The highest BCUT2D eigenvalue weighted by Crippen LogP contribution is 2.20. The molecule has 0 aliphatic carbocycles. The van der Waals surface area contributed by atoms with Crippen LogP contribution in [0.1, 0.15) is 18.4 Å². The highest BCUT2D eigenvalue weighted by molar-refractivity contribution is 7.99. The van der Waals surface area contributed by atoms with Gasteiger partial charge in [0.2, 0.25) is 5.91 Å². The zero-order valence-corrected chi connectivity index (χ0v) is 12.4. The highest BCUT2D eigenvalue weighted by atomic mass is 32.2. The second-order valence-electron chi connectivity index (χ2n) is 5.04. The van der Waals surface area contributed by atoms with E-state index in [4.69, 9.17) is 5.11 Å². The number of rotatable bonds is 5. The number of carbonyl (C=O) groups excluding carboxylic acids is 1. The van der Waals surface area contributed by atoms with Crippen molar-refractivity contribution in [2.24, 2.45) is 0 Å². The summed E-state index contributed by atoms with van der Waals surface area (Å²) < 4.78 is 12.8. The SMILES string of the molecule is O=C(O)CC1CSCCN1C(=O)CCc1ccc(F)cc1. The van der Waals surface area contributed by atoms with E-state index in [1.807, 2.05) is 0 Å². The van der Waals surface area contributed by atoms with E-state index in [1.165, 1.54) is 12.1 Å². The molecule has 114 valence electrons. The molecule has 1 amide bonds. The average molecular weight is 311 g/mol. The van der Waals surface area contributed by atoms with Crippen LogP contribution in [-0.4, -0.2) is 46.0 Å². The van der Waals surface area contributed by atoms with Crippen molar-refractivity contribution in [3.05, 3.63) is 35.6 Å². The van der Waals surface area contributed by atoms with Crippen molar-refractivity contribution in [1.82, 2.24) is 4.90 Å². The molecule has 0 bridgehead atoms. The number of halogens is 1. The number of thioether (sulfide) groups is 1. The second-order valence-corrected chi connectivity index (χ2v) is 6.19. The van der Waals surface area contributed by atoms with Gasteiger partial charge in [0.05, 0.1) is 12.5 Å². The molecule has 6 heteroatoms. The molecule has 1 saturated heterocycles. The number of hydrogen-bond acceptors (Lipinski definition) is 3. The van der Waals surface area contributed by atoms with Gasteiger partial charge in [-0.05, 0) is 24.1 Å². The molecule has 1 heterocycles. The van der Waals surface area contributed by atoms with Crippen molar-refractivity contribution in [2.75, 3.05) is 18.1 Å². The maximum atomic E-state index is 12.8. The predicted octanol–water partition coefficient (Wildman–Crippen LogP) is 2.18. The Balaban J connectivity index is 1.91. The van der Waals surface area contributed by atoms with Gasteiger partial charge in [0.1, 0.15) is 5.82 Å². The van der Waals surface area contributed by atoms with Gasteiger partial charge in [-0.3, -0.25) is 9.59 Å². The molecular formula is C15H18FNO3S. The number of carbonyl (C=O) groups is 2. The standard InChI is InChI=1S/C15H18FNO3S/c16-12-4-1-11(2-5-12)3-6-14(18)17-7-8-21-10-13(17)9-15(19)20/h1-2,4-5,13H,3,6-10H2,(H,19,20). The fourth-order valence-electron chi connectivity index (χ4n) is 2.40. The Kier molecular flexibility index (Phi) is 5.61. The minimum Gasteiger partial charge on any atom is -0.481 e. The van der Waals surface area contributed by atoms with Crippen molar-refractivity contribution in [3.8, 4) is 0 Å². The Labute approximate surface area is 127 Å². The third-order valence-corrected chi connectivity index (χ3v) is 4.59. The first-order valence-electron chi connectivity index (χ1n) is 6.89. The first-order chi connectivity index (χ1) is 10.1. The summed E-state index contributed by atoms with van der Waals surface area (Å²) in [6, 6.07) is 5.88. The van der Waals surface area contributed by atoms with Gasteiger partial charge in [-0.25, -0.2) is 4.39 Å². The zero-order valence-electron chi connectivity index (χ0n) is 11.6. The van der Waals surface area contributed by atoms with Gasteiger partial charge in [0, 0.05) is 24.5 Å². The first kappa shape index (κ1) is 15.8. The number of aliphatic carboxylic acids is 1. The van der Waals surface area contributed by atoms with Crippen molar-refractivity contribution < 1.29 is 19.1 Å². The predicted molar refractivity (Wildman–Crippen MR) is 79.8 cm³/mol. The van der Waals surface area contributed by atoms with E-state index >= 15 is 0 Å². The summed E-state index contributed by atoms with van der Waals surface area (Å²) in [5.74, 6) is 0.330. The lowest BCUT2D eigenvalue weighted by Crippen LogP contribution is -2.47. The van der Waals surface area contributed by atoms with Crippen LogP contribution in [0.15, 0.2) is 24.3 Å². The third kappa shape index (κ3) is 4.74. The monoisotopic (exact) mass is 311 g/mol. The molecule has 4 nitrogen and oxygen atoms in total. The van der Waals surface area contributed by atoms with Gasteiger partial charge in [-0.2, -0.15) is 11.8 Å². The van der Waals surface area contributed by atoms with Gasteiger partial charge < -0.3 is 10.0 Å². The number of amides is 1. The molecule has 1 unspecified atom stereocenters. The van der Waals surface area contributed by atoms with Gasteiger partial charge in [-0.1, -0.05) is 12.1 Å². The maximum absolute atomic E-state index is 12.8. The second kappa shape index (κ2) is 7.45. The average Bonchev–Trinajstić information content (AvgIpc) is 2.46. The fourth-order valence-corrected chi connectivity index (χ4v) is 3.46. The lowest BCUT2D eigenvalue weighted by Gasteiger charge is -2.34. The van der Waals surface area contributed by atoms with Crippen LogP contribution in [0.5, 0.6) is 0 Å². The molecule has 1 aliphatic heterocycles. The molecular weight excluding hydrogens is 293 g/mol. The summed E-state index contributed by atoms with van der Waals surface area (Å²) in [5, 5.41) is 8.92. The Hall–Kier alpha value is -1.56. The molecule has 1 atom stereocenters. The molecule has 1 aliphatic rings. The molecule has 1 N–H and O–H groups in total. The van der Waals surface area contributed by atoms with Crippen molar-refractivity contribution in [1.29, 1.82) is 0 Å². The molecule has 2 rings (SSSR count). The number of benzene rings is 1. The minimum absolute atomic E-state index is 0.00467. The molecule has 21 heavy (non-hydrogen) atoms. The molecule has 0 saturated carbocycles. The summed E-state index contributed by atoms with van der Waals surface area (Å²) in [6.07, 6.45) is 0.865. The summed E-state index contributed by atoms with van der Waals surface area (Å²) in [7, 11) is 0. The fraction of sp³-hybridized carbons (Fsp3) is 0.467. The van der Waals surface area contributed by atoms with Crippen LogP contribution < -0.4 is 0 Å². The number of nitrogens with zero attached hydrogens (tertiary/aromatic N) is 1. The van der Waals surface area contributed by atoms with E-state index in [9.17, 15) is 14.0 Å². The van der Waals surface area contributed by atoms with E-state index in [1.54, 1.807) is 28.8 Å².